The first-order valence-corrected chi connectivity index (χ1v) is 10.4. The summed E-state index contributed by atoms with van der Waals surface area (Å²) in [4.78, 5) is 25.5. The van der Waals surface area contributed by atoms with Gasteiger partial charge in [-0.2, -0.15) is 0 Å². The van der Waals surface area contributed by atoms with Crippen molar-refractivity contribution in [1.82, 2.24) is 14.9 Å². The highest BCUT2D eigenvalue weighted by Crippen LogP contribution is 2.22. The quantitative estimate of drug-likeness (QED) is 0.705. The maximum Gasteiger partial charge on any atom is 0.321 e. The lowest BCUT2D eigenvalue weighted by molar-refractivity contribution is 0.208. The second-order valence-electron chi connectivity index (χ2n) is 7.58. The van der Waals surface area contributed by atoms with Gasteiger partial charge in [0.2, 0.25) is 0 Å². The Labute approximate surface area is 177 Å². The predicted molar refractivity (Wildman–Crippen MR) is 121 cm³/mol. The zero-order chi connectivity index (χ0) is 20.9. The van der Waals surface area contributed by atoms with Crippen LogP contribution in [0.3, 0.4) is 0 Å². The number of piperazine rings is 1. The molecule has 0 aliphatic carbocycles. The third-order valence-corrected chi connectivity index (χ3v) is 5.50. The van der Waals surface area contributed by atoms with Crippen molar-refractivity contribution in [2.24, 2.45) is 0 Å². The fourth-order valence-corrected chi connectivity index (χ4v) is 3.57. The number of carbonyl (C=O) groups is 1. The topological polar surface area (TPSA) is 61.4 Å². The van der Waals surface area contributed by atoms with Crippen LogP contribution in [0, 0.1) is 6.92 Å². The van der Waals surface area contributed by atoms with Crippen LogP contribution in [-0.2, 0) is 6.42 Å². The Bertz CT molecular complexity index is 993. The summed E-state index contributed by atoms with van der Waals surface area (Å²) >= 11 is 0. The van der Waals surface area contributed by atoms with E-state index in [4.69, 9.17) is 0 Å². The Kier molecular flexibility index (Phi) is 5.93. The van der Waals surface area contributed by atoms with Crippen LogP contribution < -0.4 is 10.2 Å². The molecule has 2 amide bonds. The highest BCUT2D eigenvalue weighted by molar-refractivity contribution is 5.89. The number of amides is 2. The van der Waals surface area contributed by atoms with Crippen molar-refractivity contribution < 1.29 is 4.79 Å². The van der Waals surface area contributed by atoms with Crippen LogP contribution in [0.1, 0.15) is 18.1 Å². The summed E-state index contributed by atoms with van der Waals surface area (Å²) in [6.45, 7) is 6.99. The van der Waals surface area contributed by atoms with Gasteiger partial charge in [0.15, 0.2) is 0 Å². The molecule has 0 atom stereocenters. The molecule has 2 aromatic carbocycles. The molecule has 2 heterocycles. The molecule has 0 bridgehead atoms. The van der Waals surface area contributed by atoms with Gasteiger partial charge in [-0.05, 0) is 31.0 Å². The van der Waals surface area contributed by atoms with Gasteiger partial charge in [-0.25, -0.2) is 14.8 Å². The molecule has 0 unspecified atom stereocenters. The summed E-state index contributed by atoms with van der Waals surface area (Å²) in [5.74, 6) is 0.899. The van der Waals surface area contributed by atoms with Crippen molar-refractivity contribution in [3.63, 3.8) is 0 Å². The Morgan fingerprint density at radius 3 is 2.33 bits per heavy atom. The maximum atomic E-state index is 12.6. The molecule has 4 rings (SSSR count). The van der Waals surface area contributed by atoms with Crippen LogP contribution in [0.5, 0.6) is 0 Å². The number of urea groups is 1. The van der Waals surface area contributed by atoms with E-state index in [2.05, 4.69) is 58.3 Å². The lowest BCUT2D eigenvalue weighted by atomic mass is 10.1. The summed E-state index contributed by atoms with van der Waals surface area (Å²) in [5.41, 5.74) is 5.31. The van der Waals surface area contributed by atoms with E-state index in [0.717, 1.165) is 42.3 Å². The van der Waals surface area contributed by atoms with Crippen LogP contribution in [-0.4, -0.2) is 47.1 Å². The summed E-state index contributed by atoms with van der Waals surface area (Å²) in [6, 6.07) is 18.3. The smallest absolute Gasteiger partial charge is 0.321 e. The lowest BCUT2D eigenvalue weighted by Gasteiger charge is -2.35. The number of benzene rings is 2. The highest BCUT2D eigenvalue weighted by Gasteiger charge is 2.22. The second kappa shape index (κ2) is 8.95. The number of hydrogen-bond acceptors (Lipinski definition) is 4. The highest BCUT2D eigenvalue weighted by atomic mass is 16.2. The zero-order valence-corrected chi connectivity index (χ0v) is 17.5. The van der Waals surface area contributed by atoms with E-state index in [9.17, 15) is 4.79 Å². The number of aromatic nitrogens is 2. The molecule has 0 saturated carbocycles. The minimum Gasteiger partial charge on any atom is -0.353 e. The van der Waals surface area contributed by atoms with E-state index >= 15 is 0 Å². The monoisotopic (exact) mass is 401 g/mol. The van der Waals surface area contributed by atoms with Crippen LogP contribution >= 0.6 is 0 Å². The number of rotatable bonds is 4. The third kappa shape index (κ3) is 4.59. The van der Waals surface area contributed by atoms with Gasteiger partial charge < -0.3 is 15.1 Å². The molecule has 1 N–H and O–H groups in total. The van der Waals surface area contributed by atoms with Crippen LogP contribution in [0.25, 0.3) is 11.3 Å². The summed E-state index contributed by atoms with van der Waals surface area (Å²) in [6.07, 6.45) is 2.61. The molecule has 1 aromatic heterocycles. The minimum absolute atomic E-state index is 0.0538. The first-order chi connectivity index (χ1) is 14.6. The van der Waals surface area contributed by atoms with E-state index in [1.807, 2.05) is 35.2 Å². The van der Waals surface area contributed by atoms with Crippen molar-refractivity contribution in [3.05, 3.63) is 72.1 Å². The maximum absolute atomic E-state index is 12.6. The number of aryl methyl sites for hydroxylation is 2. The largest absolute Gasteiger partial charge is 0.353 e. The third-order valence-electron chi connectivity index (χ3n) is 5.50. The number of hydrogen-bond donors (Lipinski definition) is 1. The molecule has 1 aliphatic heterocycles. The minimum atomic E-state index is -0.0538. The Balaban J connectivity index is 1.36. The van der Waals surface area contributed by atoms with Gasteiger partial charge in [-0.15, -0.1) is 0 Å². The number of nitrogens with one attached hydrogen (secondary N) is 1. The average Bonchev–Trinajstić information content (AvgIpc) is 2.80. The van der Waals surface area contributed by atoms with Gasteiger partial charge >= 0.3 is 6.03 Å². The van der Waals surface area contributed by atoms with Gasteiger partial charge in [0.25, 0.3) is 0 Å². The number of carbonyl (C=O) groups excluding carboxylic acids is 1. The van der Waals surface area contributed by atoms with Crippen molar-refractivity contribution in [1.29, 1.82) is 0 Å². The van der Waals surface area contributed by atoms with Gasteiger partial charge in [-0.3, -0.25) is 0 Å². The second-order valence-corrected chi connectivity index (χ2v) is 7.58. The summed E-state index contributed by atoms with van der Waals surface area (Å²) < 4.78 is 0. The molecule has 1 saturated heterocycles. The molecule has 0 spiro atoms. The van der Waals surface area contributed by atoms with E-state index in [1.54, 1.807) is 6.33 Å². The van der Waals surface area contributed by atoms with Gasteiger partial charge in [0.1, 0.15) is 12.1 Å². The molecular formula is C24H27N5O. The van der Waals surface area contributed by atoms with E-state index in [0.29, 0.717) is 13.1 Å². The fourth-order valence-electron chi connectivity index (χ4n) is 3.57. The van der Waals surface area contributed by atoms with E-state index in [1.165, 1.54) is 11.1 Å². The van der Waals surface area contributed by atoms with Crippen molar-refractivity contribution in [2.75, 3.05) is 36.4 Å². The Hall–Kier alpha value is -3.41. The number of anilines is 2. The lowest BCUT2D eigenvalue weighted by Crippen LogP contribution is -2.50. The molecular weight excluding hydrogens is 374 g/mol. The SMILES string of the molecule is CCc1ccc(NC(=O)N2CCN(c3cc(-c4ccc(C)cc4)ncn3)CC2)cc1. The molecule has 0 radical (unpaired) electrons. The first-order valence-electron chi connectivity index (χ1n) is 10.4. The standard InChI is InChI=1S/C24H27N5O/c1-3-19-6-10-21(11-7-19)27-24(30)29-14-12-28(13-15-29)23-16-22(25-17-26-23)20-8-4-18(2)5-9-20/h4-11,16-17H,3,12-15H2,1-2H3,(H,27,30). The van der Waals surface area contributed by atoms with Gasteiger partial charge in [-0.1, -0.05) is 48.9 Å². The predicted octanol–water partition coefficient (Wildman–Crippen LogP) is 4.37. The molecule has 30 heavy (non-hydrogen) atoms. The molecule has 1 aliphatic rings. The van der Waals surface area contributed by atoms with Crippen molar-refractivity contribution in [2.45, 2.75) is 20.3 Å². The van der Waals surface area contributed by atoms with Crippen LogP contribution in [0.2, 0.25) is 0 Å². The molecule has 6 heteroatoms. The Morgan fingerprint density at radius 2 is 1.67 bits per heavy atom. The summed E-state index contributed by atoms with van der Waals surface area (Å²) in [7, 11) is 0. The van der Waals surface area contributed by atoms with Crippen LogP contribution in [0.15, 0.2) is 60.9 Å². The molecule has 3 aromatic rings. The van der Waals surface area contributed by atoms with Gasteiger partial charge in [0.05, 0.1) is 5.69 Å². The molecule has 1 fully saturated rings. The van der Waals surface area contributed by atoms with E-state index < -0.39 is 0 Å². The van der Waals surface area contributed by atoms with Crippen molar-refractivity contribution in [3.8, 4) is 11.3 Å². The van der Waals surface area contributed by atoms with E-state index in [-0.39, 0.29) is 6.03 Å². The summed E-state index contributed by atoms with van der Waals surface area (Å²) in [5, 5.41) is 3.00. The van der Waals surface area contributed by atoms with Gasteiger partial charge in [0, 0.05) is 43.5 Å². The zero-order valence-electron chi connectivity index (χ0n) is 17.5. The Morgan fingerprint density at radius 1 is 0.967 bits per heavy atom. The number of nitrogens with zero attached hydrogens (tertiary/aromatic N) is 4. The normalized spacial score (nSPS) is 13.9. The van der Waals surface area contributed by atoms with Crippen LogP contribution in [0.4, 0.5) is 16.3 Å². The van der Waals surface area contributed by atoms with Crippen molar-refractivity contribution >= 4 is 17.5 Å². The molecule has 154 valence electrons. The average molecular weight is 402 g/mol. The first kappa shape index (κ1) is 19.9. The molecule has 6 nitrogen and oxygen atoms in total. The fraction of sp³-hybridized carbons (Fsp3) is 0.292.